The Morgan fingerprint density at radius 2 is 2.05 bits per heavy atom. The number of aromatic nitrogens is 2. The molecule has 3 heteroatoms. The van der Waals surface area contributed by atoms with Gasteiger partial charge >= 0.3 is 0 Å². The second kappa shape index (κ2) is 5.80. The van der Waals surface area contributed by atoms with Crippen molar-refractivity contribution in [2.75, 3.05) is 0 Å². The van der Waals surface area contributed by atoms with Crippen molar-refractivity contribution in [3.63, 3.8) is 0 Å². The molecule has 1 atom stereocenters. The van der Waals surface area contributed by atoms with E-state index in [4.69, 9.17) is 0 Å². The Hall–Kier alpha value is -1.61. The summed E-state index contributed by atoms with van der Waals surface area (Å²) in [5.74, 6) is 0. The topological polar surface area (TPSA) is 40.7 Å². The molecule has 106 valence electrons. The van der Waals surface area contributed by atoms with Crippen LogP contribution in [0.15, 0.2) is 24.4 Å². The van der Waals surface area contributed by atoms with Crippen LogP contribution < -0.4 is 5.32 Å². The van der Waals surface area contributed by atoms with Gasteiger partial charge in [0.1, 0.15) is 0 Å². The molecule has 1 aromatic carbocycles. The molecule has 0 spiro atoms. The number of fused-ring (bicyclic) bond motifs is 1. The molecule has 0 fully saturated rings. The Kier molecular flexibility index (Phi) is 3.88. The van der Waals surface area contributed by atoms with Crippen LogP contribution in [-0.2, 0) is 19.4 Å². The van der Waals surface area contributed by atoms with Crippen molar-refractivity contribution in [1.82, 2.24) is 15.5 Å². The molecule has 1 aromatic heterocycles. The Labute approximate surface area is 120 Å². The number of aromatic amines is 1. The zero-order valence-corrected chi connectivity index (χ0v) is 12.4. The van der Waals surface area contributed by atoms with Gasteiger partial charge in [-0.15, -0.1) is 0 Å². The first-order chi connectivity index (χ1) is 9.74. The van der Waals surface area contributed by atoms with Gasteiger partial charge in [0, 0.05) is 23.8 Å². The second-order valence-electron chi connectivity index (χ2n) is 5.86. The van der Waals surface area contributed by atoms with E-state index in [0.717, 1.165) is 12.2 Å². The molecule has 3 nitrogen and oxygen atoms in total. The molecular formula is C17H23N3. The highest BCUT2D eigenvalue weighted by molar-refractivity contribution is 5.35. The maximum absolute atomic E-state index is 4.07. The third kappa shape index (κ3) is 2.78. The fourth-order valence-electron chi connectivity index (χ4n) is 2.96. The SMILES string of the molecule is Cc1[nH]ncc1CN[C@H](C)c1ccc2c(c1)CCCC2. The second-order valence-corrected chi connectivity index (χ2v) is 5.86. The summed E-state index contributed by atoms with van der Waals surface area (Å²) in [6.07, 6.45) is 7.09. The summed E-state index contributed by atoms with van der Waals surface area (Å²) in [5.41, 5.74) is 6.90. The minimum atomic E-state index is 0.372. The third-order valence-corrected chi connectivity index (χ3v) is 4.41. The molecule has 2 N–H and O–H groups in total. The van der Waals surface area contributed by atoms with Crippen LogP contribution in [0.2, 0.25) is 0 Å². The highest BCUT2D eigenvalue weighted by Crippen LogP contribution is 2.24. The number of rotatable bonds is 4. The van der Waals surface area contributed by atoms with Crippen molar-refractivity contribution in [3.05, 3.63) is 52.3 Å². The summed E-state index contributed by atoms with van der Waals surface area (Å²) in [7, 11) is 0. The summed E-state index contributed by atoms with van der Waals surface area (Å²) in [4.78, 5) is 0. The van der Waals surface area contributed by atoms with Gasteiger partial charge in [-0.3, -0.25) is 5.10 Å². The Bertz CT molecular complexity index is 586. The lowest BCUT2D eigenvalue weighted by Crippen LogP contribution is -2.19. The predicted molar refractivity (Wildman–Crippen MR) is 81.7 cm³/mol. The van der Waals surface area contributed by atoms with Crippen LogP contribution in [0.3, 0.4) is 0 Å². The fraction of sp³-hybridized carbons (Fsp3) is 0.471. The lowest BCUT2D eigenvalue weighted by atomic mass is 9.89. The Morgan fingerprint density at radius 1 is 1.25 bits per heavy atom. The zero-order valence-electron chi connectivity index (χ0n) is 12.4. The number of H-pyrrole nitrogens is 1. The number of benzene rings is 1. The molecule has 2 aromatic rings. The number of hydrogen-bond donors (Lipinski definition) is 2. The van der Waals surface area contributed by atoms with Gasteiger partial charge in [0.25, 0.3) is 0 Å². The van der Waals surface area contributed by atoms with Crippen LogP contribution >= 0.6 is 0 Å². The maximum atomic E-state index is 4.07. The maximum Gasteiger partial charge on any atom is 0.0535 e. The van der Waals surface area contributed by atoms with Gasteiger partial charge < -0.3 is 5.32 Å². The van der Waals surface area contributed by atoms with E-state index in [1.807, 2.05) is 6.20 Å². The molecule has 20 heavy (non-hydrogen) atoms. The van der Waals surface area contributed by atoms with Crippen LogP contribution in [0.4, 0.5) is 0 Å². The summed E-state index contributed by atoms with van der Waals surface area (Å²) in [5, 5.41) is 10.6. The van der Waals surface area contributed by atoms with Gasteiger partial charge in [0.15, 0.2) is 0 Å². The van der Waals surface area contributed by atoms with Crippen LogP contribution in [0.5, 0.6) is 0 Å². The van der Waals surface area contributed by atoms with E-state index in [2.05, 4.69) is 47.6 Å². The number of nitrogens with one attached hydrogen (secondary N) is 2. The molecule has 0 aliphatic heterocycles. The van der Waals surface area contributed by atoms with Gasteiger partial charge in [-0.25, -0.2) is 0 Å². The normalized spacial score (nSPS) is 15.9. The van der Waals surface area contributed by atoms with Crippen molar-refractivity contribution in [1.29, 1.82) is 0 Å². The standard InChI is InChI=1S/C17H23N3/c1-12(18-10-17-11-19-20-13(17)2)15-8-7-14-5-3-4-6-16(14)9-15/h7-9,11-12,18H,3-6,10H2,1-2H3,(H,19,20)/t12-/m1/s1. The van der Waals surface area contributed by atoms with Gasteiger partial charge in [0.05, 0.1) is 6.20 Å². The van der Waals surface area contributed by atoms with E-state index in [0.29, 0.717) is 6.04 Å². The average Bonchev–Trinajstić information content (AvgIpc) is 2.89. The van der Waals surface area contributed by atoms with Gasteiger partial charge in [-0.05, 0) is 56.2 Å². The van der Waals surface area contributed by atoms with Crippen molar-refractivity contribution in [2.45, 2.75) is 52.1 Å². The molecular weight excluding hydrogens is 246 g/mol. The van der Waals surface area contributed by atoms with Crippen molar-refractivity contribution >= 4 is 0 Å². The predicted octanol–water partition coefficient (Wildman–Crippen LogP) is 3.45. The summed E-state index contributed by atoms with van der Waals surface area (Å²) in [6, 6.07) is 7.38. The third-order valence-electron chi connectivity index (χ3n) is 4.41. The van der Waals surface area contributed by atoms with Crippen molar-refractivity contribution in [3.8, 4) is 0 Å². The number of hydrogen-bond acceptors (Lipinski definition) is 2. The van der Waals surface area contributed by atoms with Crippen molar-refractivity contribution in [2.24, 2.45) is 0 Å². The van der Waals surface area contributed by atoms with Crippen LogP contribution in [0, 0.1) is 6.92 Å². The number of aryl methyl sites for hydroxylation is 3. The van der Waals surface area contributed by atoms with Crippen LogP contribution in [0.1, 0.15) is 53.8 Å². The molecule has 1 heterocycles. The summed E-state index contributed by atoms with van der Waals surface area (Å²) >= 11 is 0. The minimum Gasteiger partial charge on any atom is -0.306 e. The van der Waals surface area contributed by atoms with Crippen LogP contribution in [-0.4, -0.2) is 10.2 Å². The van der Waals surface area contributed by atoms with Gasteiger partial charge in [0.2, 0.25) is 0 Å². The fourth-order valence-corrected chi connectivity index (χ4v) is 2.96. The van der Waals surface area contributed by atoms with E-state index >= 15 is 0 Å². The highest BCUT2D eigenvalue weighted by Gasteiger charge is 2.12. The van der Waals surface area contributed by atoms with E-state index in [9.17, 15) is 0 Å². The quantitative estimate of drug-likeness (QED) is 0.892. The van der Waals surface area contributed by atoms with E-state index in [1.165, 1.54) is 36.8 Å². The highest BCUT2D eigenvalue weighted by atomic mass is 15.1. The molecule has 0 unspecified atom stereocenters. The Morgan fingerprint density at radius 3 is 2.80 bits per heavy atom. The lowest BCUT2D eigenvalue weighted by molar-refractivity contribution is 0.571. The largest absolute Gasteiger partial charge is 0.306 e. The summed E-state index contributed by atoms with van der Waals surface area (Å²) in [6.45, 7) is 5.16. The number of nitrogens with zero attached hydrogens (tertiary/aromatic N) is 1. The van der Waals surface area contributed by atoms with Crippen molar-refractivity contribution < 1.29 is 0 Å². The van der Waals surface area contributed by atoms with E-state index < -0.39 is 0 Å². The van der Waals surface area contributed by atoms with Crippen LogP contribution in [0.25, 0.3) is 0 Å². The molecule has 0 amide bonds. The van der Waals surface area contributed by atoms with Gasteiger partial charge in [-0.1, -0.05) is 18.2 Å². The molecule has 1 aliphatic carbocycles. The first-order valence-corrected chi connectivity index (χ1v) is 7.58. The zero-order chi connectivity index (χ0) is 13.9. The van der Waals surface area contributed by atoms with E-state index in [-0.39, 0.29) is 0 Å². The molecule has 0 bridgehead atoms. The molecule has 3 rings (SSSR count). The lowest BCUT2D eigenvalue weighted by Gasteiger charge is -2.20. The molecule has 1 aliphatic rings. The average molecular weight is 269 g/mol. The van der Waals surface area contributed by atoms with E-state index in [1.54, 1.807) is 11.1 Å². The summed E-state index contributed by atoms with van der Waals surface area (Å²) < 4.78 is 0. The Balaban J connectivity index is 1.67. The van der Waals surface area contributed by atoms with Gasteiger partial charge in [-0.2, -0.15) is 5.10 Å². The molecule has 0 saturated heterocycles. The first-order valence-electron chi connectivity index (χ1n) is 7.58. The molecule has 0 radical (unpaired) electrons. The smallest absolute Gasteiger partial charge is 0.0535 e. The monoisotopic (exact) mass is 269 g/mol. The first kappa shape index (κ1) is 13.4. The minimum absolute atomic E-state index is 0.372. The molecule has 0 saturated carbocycles.